The van der Waals surface area contributed by atoms with Crippen LogP contribution < -0.4 is 15.4 Å². The molecule has 0 saturated carbocycles. The van der Waals surface area contributed by atoms with Crippen LogP contribution in [0.3, 0.4) is 0 Å². The van der Waals surface area contributed by atoms with Crippen molar-refractivity contribution in [1.29, 1.82) is 0 Å². The number of carbonyl (C=O) groups is 3. The molecule has 3 amide bonds. The van der Waals surface area contributed by atoms with Crippen LogP contribution >= 0.6 is 0 Å². The number of rotatable bonds is 5. The van der Waals surface area contributed by atoms with Crippen molar-refractivity contribution in [3.05, 3.63) is 35.7 Å². The van der Waals surface area contributed by atoms with Gasteiger partial charge in [0.15, 0.2) is 17.7 Å². The standard InChI is InChI=1S/C18H23FN2O5/c1-11(16(23)20-17(24)21-18(2,3)4)26-15(22)9-7-12-6-8-14(25-5)13(19)10-12/h6-11H,1-5H3,(H2,20,21,23,24)/b9-7+/t11-/m0/s1. The van der Waals surface area contributed by atoms with Gasteiger partial charge in [0.25, 0.3) is 5.91 Å². The van der Waals surface area contributed by atoms with Crippen molar-refractivity contribution in [2.75, 3.05) is 7.11 Å². The van der Waals surface area contributed by atoms with E-state index in [4.69, 9.17) is 9.47 Å². The van der Waals surface area contributed by atoms with E-state index in [0.29, 0.717) is 5.56 Å². The van der Waals surface area contributed by atoms with Crippen molar-refractivity contribution in [3.63, 3.8) is 0 Å². The normalized spacial score (nSPS) is 12.4. The van der Waals surface area contributed by atoms with Crippen molar-refractivity contribution < 1.29 is 28.2 Å². The fourth-order valence-corrected chi connectivity index (χ4v) is 1.80. The number of urea groups is 1. The summed E-state index contributed by atoms with van der Waals surface area (Å²) in [5, 5.41) is 4.63. The van der Waals surface area contributed by atoms with Crippen LogP contribution in [0, 0.1) is 5.82 Å². The third kappa shape index (κ3) is 7.33. The van der Waals surface area contributed by atoms with Gasteiger partial charge < -0.3 is 14.8 Å². The summed E-state index contributed by atoms with van der Waals surface area (Å²) in [6.07, 6.45) is 1.22. The first-order valence-electron chi connectivity index (χ1n) is 7.87. The Balaban J connectivity index is 2.57. The van der Waals surface area contributed by atoms with Gasteiger partial charge in [0, 0.05) is 11.6 Å². The van der Waals surface area contributed by atoms with Gasteiger partial charge in [-0.2, -0.15) is 0 Å². The summed E-state index contributed by atoms with van der Waals surface area (Å²) < 4.78 is 23.3. The van der Waals surface area contributed by atoms with Gasteiger partial charge in [0.2, 0.25) is 0 Å². The predicted molar refractivity (Wildman–Crippen MR) is 94.0 cm³/mol. The van der Waals surface area contributed by atoms with Crippen LogP contribution in [0.25, 0.3) is 6.08 Å². The Kier molecular flexibility index (Phi) is 7.30. The van der Waals surface area contributed by atoms with E-state index in [1.165, 1.54) is 32.2 Å². The highest BCUT2D eigenvalue weighted by Gasteiger charge is 2.21. The SMILES string of the molecule is COc1ccc(/C=C/C(=O)O[C@@H](C)C(=O)NC(=O)NC(C)(C)C)cc1F. The number of benzene rings is 1. The maximum Gasteiger partial charge on any atom is 0.331 e. The van der Waals surface area contributed by atoms with E-state index in [9.17, 15) is 18.8 Å². The minimum Gasteiger partial charge on any atom is -0.494 e. The monoisotopic (exact) mass is 366 g/mol. The summed E-state index contributed by atoms with van der Waals surface area (Å²) in [4.78, 5) is 35.2. The van der Waals surface area contributed by atoms with Crippen LogP contribution in [0.4, 0.5) is 9.18 Å². The third-order valence-corrected chi connectivity index (χ3v) is 2.98. The molecule has 8 heteroatoms. The van der Waals surface area contributed by atoms with E-state index in [-0.39, 0.29) is 5.75 Å². The zero-order valence-electron chi connectivity index (χ0n) is 15.4. The lowest BCUT2D eigenvalue weighted by Gasteiger charge is -2.21. The average Bonchev–Trinajstić information content (AvgIpc) is 2.51. The van der Waals surface area contributed by atoms with Crippen molar-refractivity contribution in [2.24, 2.45) is 0 Å². The highest BCUT2D eigenvalue weighted by Crippen LogP contribution is 2.18. The van der Waals surface area contributed by atoms with E-state index >= 15 is 0 Å². The Morgan fingerprint density at radius 3 is 2.42 bits per heavy atom. The molecule has 0 saturated heterocycles. The number of imide groups is 1. The first kappa shape index (κ1) is 21.1. The first-order valence-corrected chi connectivity index (χ1v) is 7.87. The Labute approximate surface area is 151 Å². The van der Waals surface area contributed by atoms with Gasteiger partial charge in [0.05, 0.1) is 7.11 Å². The number of hydrogen-bond donors (Lipinski definition) is 2. The first-order chi connectivity index (χ1) is 12.0. The second kappa shape index (κ2) is 8.98. The molecule has 1 aromatic carbocycles. The number of amides is 3. The van der Waals surface area contributed by atoms with E-state index in [0.717, 1.165) is 6.08 Å². The van der Waals surface area contributed by atoms with Crippen molar-refractivity contribution in [1.82, 2.24) is 10.6 Å². The Morgan fingerprint density at radius 1 is 1.23 bits per heavy atom. The molecule has 142 valence electrons. The predicted octanol–water partition coefficient (Wildman–Crippen LogP) is 2.40. The topological polar surface area (TPSA) is 93.7 Å². The second-order valence-electron chi connectivity index (χ2n) is 6.50. The molecule has 2 N–H and O–H groups in total. The molecular weight excluding hydrogens is 343 g/mol. The molecule has 0 heterocycles. The fourth-order valence-electron chi connectivity index (χ4n) is 1.80. The molecule has 0 radical (unpaired) electrons. The zero-order valence-corrected chi connectivity index (χ0v) is 15.4. The minimum absolute atomic E-state index is 0.0866. The van der Waals surface area contributed by atoms with Gasteiger partial charge in [-0.05, 0) is 51.5 Å². The van der Waals surface area contributed by atoms with Crippen LogP contribution in [-0.4, -0.2) is 36.7 Å². The molecule has 0 unspecified atom stereocenters. The van der Waals surface area contributed by atoms with Gasteiger partial charge in [-0.1, -0.05) is 6.07 Å². The van der Waals surface area contributed by atoms with E-state index in [2.05, 4.69) is 10.6 Å². The van der Waals surface area contributed by atoms with Crippen LogP contribution in [0.5, 0.6) is 5.75 Å². The molecule has 0 aliphatic heterocycles. The molecule has 0 aliphatic rings. The van der Waals surface area contributed by atoms with Crippen LogP contribution in [0.2, 0.25) is 0 Å². The van der Waals surface area contributed by atoms with Crippen LogP contribution in [0.1, 0.15) is 33.3 Å². The van der Waals surface area contributed by atoms with Gasteiger partial charge in [-0.15, -0.1) is 0 Å². The van der Waals surface area contributed by atoms with Crippen LogP contribution in [-0.2, 0) is 14.3 Å². The maximum atomic E-state index is 13.6. The molecule has 1 rings (SSSR count). The number of carbonyl (C=O) groups excluding carboxylic acids is 3. The Hall–Kier alpha value is -2.90. The Bertz CT molecular complexity index is 710. The number of methoxy groups -OCH3 is 1. The van der Waals surface area contributed by atoms with E-state index in [1.54, 1.807) is 26.8 Å². The summed E-state index contributed by atoms with van der Waals surface area (Å²) in [5.74, 6) is -2.05. The lowest BCUT2D eigenvalue weighted by atomic mass is 10.1. The second-order valence-corrected chi connectivity index (χ2v) is 6.50. The molecule has 0 spiro atoms. The summed E-state index contributed by atoms with van der Waals surface area (Å²) in [7, 11) is 1.35. The highest BCUT2D eigenvalue weighted by molar-refractivity contribution is 5.98. The smallest absolute Gasteiger partial charge is 0.331 e. The molecule has 1 atom stereocenters. The van der Waals surface area contributed by atoms with Crippen molar-refractivity contribution >= 4 is 24.0 Å². The quantitative estimate of drug-likeness (QED) is 0.616. The molecular formula is C18H23FN2O5. The van der Waals surface area contributed by atoms with Gasteiger partial charge in [0.1, 0.15) is 0 Å². The van der Waals surface area contributed by atoms with Crippen molar-refractivity contribution in [3.8, 4) is 5.75 Å². The number of hydrogen-bond acceptors (Lipinski definition) is 5. The average molecular weight is 366 g/mol. The number of ether oxygens (including phenoxy) is 2. The van der Waals surface area contributed by atoms with Gasteiger partial charge in [-0.3, -0.25) is 10.1 Å². The third-order valence-electron chi connectivity index (χ3n) is 2.98. The number of halogens is 1. The lowest BCUT2D eigenvalue weighted by Crippen LogP contribution is -2.50. The fraction of sp³-hybridized carbons (Fsp3) is 0.389. The molecule has 0 fully saturated rings. The molecule has 26 heavy (non-hydrogen) atoms. The summed E-state index contributed by atoms with van der Waals surface area (Å²) >= 11 is 0. The largest absolute Gasteiger partial charge is 0.494 e. The summed E-state index contributed by atoms with van der Waals surface area (Å²) in [6.45, 7) is 6.60. The van der Waals surface area contributed by atoms with Crippen molar-refractivity contribution in [2.45, 2.75) is 39.3 Å². The molecule has 0 aromatic heterocycles. The van der Waals surface area contributed by atoms with Gasteiger partial charge in [-0.25, -0.2) is 14.0 Å². The Morgan fingerprint density at radius 2 is 1.88 bits per heavy atom. The highest BCUT2D eigenvalue weighted by atomic mass is 19.1. The zero-order chi connectivity index (χ0) is 19.9. The van der Waals surface area contributed by atoms with Crippen LogP contribution in [0.15, 0.2) is 24.3 Å². The molecule has 0 bridgehead atoms. The molecule has 0 aliphatic carbocycles. The molecule has 1 aromatic rings. The summed E-state index contributed by atoms with van der Waals surface area (Å²) in [5.41, 5.74) is -0.0948. The lowest BCUT2D eigenvalue weighted by molar-refractivity contribution is -0.149. The van der Waals surface area contributed by atoms with Gasteiger partial charge >= 0.3 is 12.0 Å². The number of nitrogens with one attached hydrogen (secondary N) is 2. The van der Waals surface area contributed by atoms with E-state index < -0.39 is 35.4 Å². The maximum absolute atomic E-state index is 13.6. The summed E-state index contributed by atoms with van der Waals surface area (Å²) in [6, 6.07) is 3.48. The molecule has 7 nitrogen and oxygen atoms in total. The minimum atomic E-state index is -1.18. The van der Waals surface area contributed by atoms with E-state index in [1.807, 2.05) is 0 Å². The number of esters is 1.